The van der Waals surface area contributed by atoms with Crippen LogP contribution in [0.25, 0.3) is 10.6 Å². The van der Waals surface area contributed by atoms with Crippen molar-refractivity contribution in [1.29, 1.82) is 0 Å². The molecule has 0 saturated heterocycles. The number of benzene rings is 1. The molecule has 1 atom stereocenters. The van der Waals surface area contributed by atoms with Crippen molar-refractivity contribution in [3.05, 3.63) is 65.2 Å². The summed E-state index contributed by atoms with van der Waals surface area (Å²) in [4.78, 5) is 20.6. The Balaban J connectivity index is 1.71. The van der Waals surface area contributed by atoms with E-state index in [2.05, 4.69) is 15.3 Å². The van der Waals surface area contributed by atoms with Gasteiger partial charge in [-0.15, -0.1) is 11.3 Å². The molecule has 2 aromatic heterocycles. The van der Waals surface area contributed by atoms with Crippen LogP contribution in [0.2, 0.25) is 0 Å². The predicted molar refractivity (Wildman–Crippen MR) is 104 cm³/mol. The third-order valence-electron chi connectivity index (χ3n) is 3.78. The lowest BCUT2D eigenvalue weighted by Gasteiger charge is -2.14. The highest BCUT2D eigenvalue weighted by Crippen LogP contribution is 2.33. The van der Waals surface area contributed by atoms with Crippen molar-refractivity contribution in [3.8, 4) is 10.6 Å². The number of hydrogen-bond acceptors (Lipinski definition) is 5. The third-order valence-corrected chi connectivity index (χ3v) is 5.52. The lowest BCUT2D eigenvalue weighted by molar-refractivity contribution is -0.141. The fourth-order valence-corrected chi connectivity index (χ4v) is 3.78. The first-order valence-corrected chi connectivity index (χ1v) is 10.2. The Kier molecular flexibility index (Phi) is 6.35. The van der Waals surface area contributed by atoms with Crippen LogP contribution in [-0.2, 0) is 11.0 Å². The maximum absolute atomic E-state index is 13.2. The van der Waals surface area contributed by atoms with Gasteiger partial charge < -0.3 is 5.32 Å². The number of aromatic nitrogens is 2. The summed E-state index contributed by atoms with van der Waals surface area (Å²) >= 11 is 2.17. The highest BCUT2D eigenvalue weighted by atomic mass is 32.2. The first kappa shape index (κ1) is 20.3. The van der Waals surface area contributed by atoms with Gasteiger partial charge >= 0.3 is 6.18 Å². The molecule has 146 valence electrons. The number of amides is 1. The Bertz CT molecular complexity index is 931. The van der Waals surface area contributed by atoms with Crippen molar-refractivity contribution in [1.82, 2.24) is 15.3 Å². The lowest BCUT2D eigenvalue weighted by atomic mass is 10.1. The van der Waals surface area contributed by atoms with E-state index in [4.69, 9.17) is 0 Å². The minimum atomic E-state index is -4.59. The summed E-state index contributed by atoms with van der Waals surface area (Å²) in [6.07, 6.45) is -4.59. The highest BCUT2D eigenvalue weighted by Gasteiger charge is 2.34. The molecular formula is C19H16F3N3OS2. The second-order valence-corrected chi connectivity index (χ2v) is 7.77. The minimum Gasteiger partial charge on any atom is -0.349 e. The molecule has 0 aliphatic heterocycles. The van der Waals surface area contributed by atoms with Gasteiger partial charge in [-0.1, -0.05) is 48.2 Å². The van der Waals surface area contributed by atoms with Gasteiger partial charge in [0.15, 0.2) is 5.16 Å². The zero-order chi connectivity index (χ0) is 20.1. The van der Waals surface area contributed by atoms with E-state index >= 15 is 0 Å². The summed E-state index contributed by atoms with van der Waals surface area (Å²) in [7, 11) is 0. The SMILES string of the molecule is C[C@@H](NC(=O)CSc1nc(-c2cccs2)cc(C(F)(F)F)n1)c1ccccc1. The fraction of sp³-hybridized carbons (Fsp3) is 0.211. The van der Waals surface area contributed by atoms with Gasteiger partial charge in [-0.05, 0) is 30.0 Å². The Morgan fingerprint density at radius 2 is 1.93 bits per heavy atom. The number of nitrogens with zero attached hydrogens (tertiary/aromatic N) is 2. The second-order valence-electron chi connectivity index (χ2n) is 5.88. The van der Waals surface area contributed by atoms with Gasteiger partial charge in [0, 0.05) is 0 Å². The van der Waals surface area contributed by atoms with Crippen molar-refractivity contribution in [2.24, 2.45) is 0 Å². The maximum atomic E-state index is 13.2. The van der Waals surface area contributed by atoms with E-state index in [-0.39, 0.29) is 28.6 Å². The van der Waals surface area contributed by atoms with Gasteiger partial charge in [0.25, 0.3) is 0 Å². The van der Waals surface area contributed by atoms with Gasteiger partial charge in [-0.2, -0.15) is 13.2 Å². The van der Waals surface area contributed by atoms with Crippen molar-refractivity contribution < 1.29 is 18.0 Å². The van der Waals surface area contributed by atoms with Crippen LogP contribution in [0.15, 0.2) is 59.1 Å². The molecule has 0 aliphatic rings. The molecule has 1 N–H and O–H groups in total. The number of rotatable bonds is 6. The number of hydrogen-bond donors (Lipinski definition) is 1. The lowest BCUT2D eigenvalue weighted by Crippen LogP contribution is -2.28. The molecule has 0 radical (unpaired) electrons. The molecule has 2 heterocycles. The molecule has 0 spiro atoms. The Morgan fingerprint density at radius 3 is 2.57 bits per heavy atom. The number of thioether (sulfide) groups is 1. The van der Waals surface area contributed by atoms with Crippen LogP contribution in [0.1, 0.15) is 24.2 Å². The molecule has 0 fully saturated rings. The number of carbonyl (C=O) groups excluding carboxylic acids is 1. The first-order valence-electron chi connectivity index (χ1n) is 8.30. The van der Waals surface area contributed by atoms with Gasteiger partial charge in [-0.25, -0.2) is 9.97 Å². The van der Waals surface area contributed by atoms with Crippen LogP contribution >= 0.6 is 23.1 Å². The second kappa shape index (κ2) is 8.74. The van der Waals surface area contributed by atoms with E-state index in [0.717, 1.165) is 23.4 Å². The van der Waals surface area contributed by atoms with E-state index < -0.39 is 11.9 Å². The molecule has 9 heteroatoms. The molecule has 1 amide bonds. The van der Waals surface area contributed by atoms with E-state index in [0.29, 0.717) is 4.88 Å². The number of thiophene rings is 1. The Labute approximate surface area is 168 Å². The number of nitrogens with one attached hydrogen (secondary N) is 1. The molecule has 0 bridgehead atoms. The van der Waals surface area contributed by atoms with Crippen LogP contribution in [0.5, 0.6) is 0 Å². The van der Waals surface area contributed by atoms with Crippen molar-refractivity contribution in [2.75, 3.05) is 5.75 Å². The topological polar surface area (TPSA) is 54.9 Å². The van der Waals surface area contributed by atoms with Crippen molar-refractivity contribution in [2.45, 2.75) is 24.3 Å². The van der Waals surface area contributed by atoms with Crippen LogP contribution in [0.4, 0.5) is 13.2 Å². The molecule has 0 saturated carbocycles. The van der Waals surface area contributed by atoms with Gasteiger partial charge in [-0.3, -0.25) is 4.79 Å². The molecule has 0 unspecified atom stereocenters. The standard InChI is InChI=1S/C19H16F3N3OS2/c1-12(13-6-3-2-4-7-13)23-17(26)11-28-18-24-14(15-8-5-9-27-15)10-16(25-18)19(20,21)22/h2-10,12H,11H2,1H3,(H,23,26)/t12-/m1/s1. The molecule has 0 aliphatic carbocycles. The molecule has 28 heavy (non-hydrogen) atoms. The van der Waals surface area contributed by atoms with E-state index in [1.165, 1.54) is 11.3 Å². The normalized spacial score (nSPS) is 12.6. The molecule has 3 rings (SSSR count). The zero-order valence-electron chi connectivity index (χ0n) is 14.7. The van der Waals surface area contributed by atoms with Crippen molar-refractivity contribution in [3.63, 3.8) is 0 Å². The van der Waals surface area contributed by atoms with Crippen molar-refractivity contribution >= 4 is 29.0 Å². The molecule has 3 aromatic rings. The van der Waals surface area contributed by atoms with Crippen LogP contribution in [0.3, 0.4) is 0 Å². The zero-order valence-corrected chi connectivity index (χ0v) is 16.4. The van der Waals surface area contributed by atoms with Gasteiger partial charge in [0.05, 0.1) is 22.4 Å². The summed E-state index contributed by atoms with van der Waals surface area (Å²) in [5, 5.41) is 4.50. The first-order chi connectivity index (χ1) is 13.3. The Morgan fingerprint density at radius 1 is 1.18 bits per heavy atom. The number of alkyl halides is 3. The van der Waals surface area contributed by atoms with E-state index in [1.54, 1.807) is 17.5 Å². The summed E-state index contributed by atoms with van der Waals surface area (Å²) in [5.41, 5.74) is 0.112. The summed E-state index contributed by atoms with van der Waals surface area (Å²) in [5.74, 6) is -0.387. The average molecular weight is 423 g/mol. The number of carbonyl (C=O) groups is 1. The quantitative estimate of drug-likeness (QED) is 0.438. The minimum absolute atomic E-state index is 0.0810. The van der Waals surface area contributed by atoms with Crippen LogP contribution < -0.4 is 5.32 Å². The fourth-order valence-electron chi connectivity index (χ4n) is 2.42. The molecular weight excluding hydrogens is 407 g/mol. The highest BCUT2D eigenvalue weighted by molar-refractivity contribution is 7.99. The predicted octanol–water partition coefficient (Wildman–Crippen LogP) is 5.19. The summed E-state index contributed by atoms with van der Waals surface area (Å²) in [6.45, 7) is 1.84. The Hall–Kier alpha value is -2.39. The number of halogens is 3. The summed E-state index contributed by atoms with van der Waals surface area (Å²) < 4.78 is 39.5. The van der Waals surface area contributed by atoms with Gasteiger partial charge in [0.1, 0.15) is 5.69 Å². The average Bonchev–Trinajstić information content (AvgIpc) is 3.21. The van der Waals surface area contributed by atoms with E-state index in [1.807, 2.05) is 37.3 Å². The van der Waals surface area contributed by atoms with Gasteiger partial charge in [0.2, 0.25) is 5.91 Å². The largest absolute Gasteiger partial charge is 0.433 e. The molecule has 4 nitrogen and oxygen atoms in total. The van der Waals surface area contributed by atoms with Crippen LogP contribution in [0, 0.1) is 0 Å². The smallest absolute Gasteiger partial charge is 0.349 e. The van der Waals surface area contributed by atoms with Crippen LogP contribution in [-0.4, -0.2) is 21.6 Å². The monoisotopic (exact) mass is 423 g/mol. The maximum Gasteiger partial charge on any atom is 0.433 e. The summed E-state index contributed by atoms with van der Waals surface area (Å²) in [6, 6.07) is 13.5. The third kappa shape index (κ3) is 5.32. The molecule has 1 aromatic carbocycles. The van der Waals surface area contributed by atoms with E-state index in [9.17, 15) is 18.0 Å².